The standard InChI is InChI=1S/C10H12N2O/c1-6-10(12-2)8-5-7(11)3-4-9(8)13-6/h3-5,12H,11H2,1-2H3. The molecule has 0 saturated carbocycles. The minimum atomic E-state index is 0.754. The van der Waals surface area contributed by atoms with Gasteiger partial charge in [-0.05, 0) is 25.1 Å². The first kappa shape index (κ1) is 7.98. The molecule has 2 rings (SSSR count). The third-order valence-electron chi connectivity index (χ3n) is 2.14. The lowest BCUT2D eigenvalue weighted by atomic mass is 10.2. The molecule has 0 aliphatic heterocycles. The highest BCUT2D eigenvalue weighted by atomic mass is 16.3. The van der Waals surface area contributed by atoms with Gasteiger partial charge in [0.2, 0.25) is 0 Å². The Balaban J connectivity index is 2.80. The maximum atomic E-state index is 5.69. The Bertz CT molecular complexity index is 445. The molecule has 0 fully saturated rings. The van der Waals surface area contributed by atoms with Gasteiger partial charge in [-0.1, -0.05) is 0 Å². The monoisotopic (exact) mass is 176 g/mol. The van der Waals surface area contributed by atoms with Crippen LogP contribution in [0.3, 0.4) is 0 Å². The van der Waals surface area contributed by atoms with E-state index in [0.717, 1.165) is 28.1 Å². The van der Waals surface area contributed by atoms with E-state index in [1.54, 1.807) is 0 Å². The average molecular weight is 176 g/mol. The van der Waals surface area contributed by atoms with Crippen molar-refractivity contribution in [1.29, 1.82) is 0 Å². The van der Waals surface area contributed by atoms with Crippen molar-refractivity contribution in [2.24, 2.45) is 0 Å². The van der Waals surface area contributed by atoms with E-state index in [2.05, 4.69) is 5.32 Å². The maximum absolute atomic E-state index is 5.69. The Kier molecular flexibility index (Phi) is 1.65. The summed E-state index contributed by atoms with van der Waals surface area (Å²) in [4.78, 5) is 0. The third kappa shape index (κ3) is 1.13. The van der Waals surface area contributed by atoms with Gasteiger partial charge in [-0.25, -0.2) is 0 Å². The molecule has 0 spiro atoms. The highest BCUT2D eigenvalue weighted by Gasteiger charge is 2.08. The van der Waals surface area contributed by atoms with Gasteiger partial charge >= 0.3 is 0 Å². The summed E-state index contributed by atoms with van der Waals surface area (Å²) in [6.45, 7) is 1.93. The zero-order valence-corrected chi connectivity index (χ0v) is 7.72. The summed E-state index contributed by atoms with van der Waals surface area (Å²) in [6, 6.07) is 5.64. The van der Waals surface area contributed by atoms with Crippen molar-refractivity contribution in [3.63, 3.8) is 0 Å². The summed E-state index contributed by atoms with van der Waals surface area (Å²) >= 11 is 0. The molecular formula is C10H12N2O. The highest BCUT2D eigenvalue weighted by molar-refractivity contribution is 5.94. The number of aryl methyl sites for hydroxylation is 1. The molecule has 0 bridgehead atoms. The van der Waals surface area contributed by atoms with E-state index < -0.39 is 0 Å². The Labute approximate surface area is 76.5 Å². The van der Waals surface area contributed by atoms with Crippen LogP contribution in [0, 0.1) is 6.92 Å². The summed E-state index contributed by atoms with van der Waals surface area (Å²) < 4.78 is 5.53. The summed E-state index contributed by atoms with van der Waals surface area (Å²) in [5.41, 5.74) is 8.33. The molecular weight excluding hydrogens is 164 g/mol. The van der Waals surface area contributed by atoms with Gasteiger partial charge in [0.05, 0.1) is 5.69 Å². The van der Waals surface area contributed by atoms with E-state index in [-0.39, 0.29) is 0 Å². The molecule has 2 aromatic rings. The van der Waals surface area contributed by atoms with Crippen molar-refractivity contribution >= 4 is 22.3 Å². The lowest BCUT2D eigenvalue weighted by Gasteiger charge is -1.97. The van der Waals surface area contributed by atoms with E-state index in [0.29, 0.717) is 0 Å². The van der Waals surface area contributed by atoms with Gasteiger partial charge in [0.25, 0.3) is 0 Å². The third-order valence-corrected chi connectivity index (χ3v) is 2.14. The number of fused-ring (bicyclic) bond motifs is 1. The van der Waals surface area contributed by atoms with Gasteiger partial charge in [-0.3, -0.25) is 0 Å². The van der Waals surface area contributed by atoms with Gasteiger partial charge < -0.3 is 15.5 Å². The van der Waals surface area contributed by atoms with E-state index >= 15 is 0 Å². The van der Waals surface area contributed by atoms with E-state index in [1.165, 1.54) is 0 Å². The minimum absolute atomic E-state index is 0.754. The van der Waals surface area contributed by atoms with Gasteiger partial charge in [0.15, 0.2) is 0 Å². The molecule has 0 aliphatic carbocycles. The predicted octanol–water partition coefficient (Wildman–Crippen LogP) is 2.37. The van der Waals surface area contributed by atoms with Crippen LogP contribution in [0.2, 0.25) is 0 Å². The Morgan fingerprint density at radius 1 is 1.38 bits per heavy atom. The fourth-order valence-corrected chi connectivity index (χ4v) is 1.55. The second-order valence-corrected chi connectivity index (χ2v) is 3.04. The molecule has 13 heavy (non-hydrogen) atoms. The molecule has 0 unspecified atom stereocenters. The zero-order valence-electron chi connectivity index (χ0n) is 7.72. The van der Waals surface area contributed by atoms with Crippen LogP contribution in [0.4, 0.5) is 11.4 Å². The second kappa shape index (κ2) is 2.69. The minimum Gasteiger partial charge on any atom is -0.459 e. The largest absolute Gasteiger partial charge is 0.459 e. The van der Waals surface area contributed by atoms with Crippen LogP contribution in [0.15, 0.2) is 22.6 Å². The maximum Gasteiger partial charge on any atom is 0.136 e. The highest BCUT2D eigenvalue weighted by Crippen LogP contribution is 2.31. The van der Waals surface area contributed by atoms with Gasteiger partial charge in [0, 0.05) is 18.1 Å². The normalized spacial score (nSPS) is 10.6. The number of nitrogen functional groups attached to an aromatic ring is 1. The molecule has 0 radical (unpaired) electrons. The Morgan fingerprint density at radius 2 is 2.15 bits per heavy atom. The SMILES string of the molecule is CNc1c(C)oc2ccc(N)cc12. The predicted molar refractivity (Wildman–Crippen MR) is 54.9 cm³/mol. The molecule has 68 valence electrons. The lowest BCUT2D eigenvalue weighted by molar-refractivity contribution is 0.580. The molecule has 0 aliphatic rings. The molecule has 3 N–H and O–H groups in total. The quantitative estimate of drug-likeness (QED) is 0.656. The van der Waals surface area contributed by atoms with Crippen molar-refractivity contribution < 1.29 is 4.42 Å². The fourth-order valence-electron chi connectivity index (χ4n) is 1.55. The molecule has 1 aromatic heterocycles. The van der Waals surface area contributed by atoms with Crippen molar-refractivity contribution in [3.05, 3.63) is 24.0 Å². The van der Waals surface area contributed by atoms with Crippen LogP contribution in [0.25, 0.3) is 11.0 Å². The fraction of sp³-hybridized carbons (Fsp3) is 0.200. The summed E-state index contributed by atoms with van der Waals surface area (Å²) in [5, 5.41) is 4.14. The van der Waals surface area contributed by atoms with Crippen molar-refractivity contribution in [2.75, 3.05) is 18.1 Å². The smallest absolute Gasteiger partial charge is 0.136 e. The van der Waals surface area contributed by atoms with Crippen LogP contribution in [-0.4, -0.2) is 7.05 Å². The van der Waals surface area contributed by atoms with Crippen LogP contribution >= 0.6 is 0 Å². The van der Waals surface area contributed by atoms with Crippen LogP contribution in [-0.2, 0) is 0 Å². The van der Waals surface area contributed by atoms with Crippen LogP contribution < -0.4 is 11.1 Å². The first-order valence-electron chi connectivity index (χ1n) is 4.18. The molecule has 1 aromatic carbocycles. The number of furan rings is 1. The number of hydrogen-bond donors (Lipinski definition) is 2. The summed E-state index contributed by atoms with van der Waals surface area (Å²) in [5.74, 6) is 0.892. The number of anilines is 2. The number of nitrogens with one attached hydrogen (secondary N) is 1. The number of nitrogens with two attached hydrogens (primary N) is 1. The van der Waals surface area contributed by atoms with E-state index in [9.17, 15) is 0 Å². The summed E-state index contributed by atoms with van der Waals surface area (Å²) in [7, 11) is 1.88. The van der Waals surface area contributed by atoms with E-state index in [4.69, 9.17) is 10.2 Å². The van der Waals surface area contributed by atoms with Crippen molar-refractivity contribution in [2.45, 2.75) is 6.92 Å². The zero-order chi connectivity index (χ0) is 9.42. The molecule has 3 nitrogen and oxygen atoms in total. The molecule has 0 atom stereocenters. The topological polar surface area (TPSA) is 51.2 Å². The summed E-state index contributed by atoms with van der Waals surface area (Å²) in [6.07, 6.45) is 0. The Hall–Kier alpha value is -1.64. The second-order valence-electron chi connectivity index (χ2n) is 3.04. The molecule has 3 heteroatoms. The van der Waals surface area contributed by atoms with Crippen molar-refractivity contribution in [3.8, 4) is 0 Å². The lowest BCUT2D eigenvalue weighted by Crippen LogP contribution is -1.88. The first-order valence-corrected chi connectivity index (χ1v) is 4.18. The van der Waals surface area contributed by atoms with E-state index in [1.807, 2.05) is 32.2 Å². The van der Waals surface area contributed by atoms with Crippen LogP contribution in [0.1, 0.15) is 5.76 Å². The van der Waals surface area contributed by atoms with Crippen molar-refractivity contribution in [1.82, 2.24) is 0 Å². The van der Waals surface area contributed by atoms with Crippen LogP contribution in [0.5, 0.6) is 0 Å². The molecule has 1 heterocycles. The number of rotatable bonds is 1. The van der Waals surface area contributed by atoms with Gasteiger partial charge in [-0.2, -0.15) is 0 Å². The average Bonchev–Trinajstić information content (AvgIpc) is 2.40. The first-order chi connectivity index (χ1) is 6.22. The van der Waals surface area contributed by atoms with Gasteiger partial charge in [-0.15, -0.1) is 0 Å². The molecule has 0 amide bonds. The number of hydrogen-bond acceptors (Lipinski definition) is 3. The van der Waals surface area contributed by atoms with Gasteiger partial charge in [0.1, 0.15) is 11.3 Å². The number of benzene rings is 1. The molecule has 0 saturated heterocycles. The Morgan fingerprint density at radius 3 is 2.85 bits per heavy atom.